The van der Waals surface area contributed by atoms with Gasteiger partial charge < -0.3 is 31.5 Å². The third kappa shape index (κ3) is 7.69. The zero-order valence-electron chi connectivity index (χ0n) is 16.6. The lowest BCUT2D eigenvalue weighted by molar-refractivity contribution is -0.147. The van der Waals surface area contributed by atoms with Crippen molar-refractivity contribution < 1.29 is 34.2 Å². The molecule has 0 aliphatic carbocycles. The zero-order chi connectivity index (χ0) is 22.8. The van der Waals surface area contributed by atoms with E-state index < -0.39 is 60.2 Å². The van der Waals surface area contributed by atoms with Crippen LogP contribution in [0.3, 0.4) is 0 Å². The first kappa shape index (κ1) is 26.0. The first-order chi connectivity index (χ1) is 14.1. The van der Waals surface area contributed by atoms with Gasteiger partial charge in [0.1, 0.15) is 18.1 Å². The van der Waals surface area contributed by atoms with Gasteiger partial charge in [-0.2, -0.15) is 24.4 Å². The Morgan fingerprint density at radius 1 is 1.20 bits per heavy atom. The van der Waals surface area contributed by atoms with Crippen molar-refractivity contribution in [2.24, 2.45) is 5.73 Å². The molecule has 4 atom stereocenters. The third-order valence-electron chi connectivity index (χ3n) is 4.60. The van der Waals surface area contributed by atoms with Crippen molar-refractivity contribution in [3.05, 3.63) is 0 Å². The van der Waals surface area contributed by atoms with Gasteiger partial charge in [-0.1, -0.05) is 0 Å². The van der Waals surface area contributed by atoms with E-state index in [0.29, 0.717) is 18.6 Å². The zero-order valence-corrected chi connectivity index (χ0v) is 18.3. The molecule has 1 heterocycles. The van der Waals surface area contributed by atoms with E-state index in [4.69, 9.17) is 15.9 Å². The van der Waals surface area contributed by atoms with E-state index in [1.807, 2.05) is 6.26 Å². The second kappa shape index (κ2) is 12.6. The minimum absolute atomic E-state index is 0.132. The molecule has 0 bridgehead atoms. The highest BCUT2D eigenvalue weighted by atomic mass is 32.2. The summed E-state index contributed by atoms with van der Waals surface area (Å²) >= 11 is 5.38. The molecule has 13 heteroatoms. The summed E-state index contributed by atoms with van der Waals surface area (Å²) in [6.45, 7) is 0.181. The Hall–Kier alpha value is -1.99. The van der Waals surface area contributed by atoms with Gasteiger partial charge in [0.15, 0.2) is 0 Å². The van der Waals surface area contributed by atoms with E-state index in [1.54, 1.807) is 0 Å². The maximum Gasteiger partial charge on any atom is 0.327 e. The molecule has 0 aromatic carbocycles. The first-order valence-electron chi connectivity index (χ1n) is 9.33. The van der Waals surface area contributed by atoms with Crippen molar-refractivity contribution in [3.8, 4) is 0 Å². The lowest BCUT2D eigenvalue weighted by atomic mass is 10.1. The molecular weight excluding hydrogens is 436 g/mol. The van der Waals surface area contributed by atoms with Crippen LogP contribution in [0.4, 0.5) is 0 Å². The molecular formula is C17H28N4O7S2. The maximum atomic E-state index is 12.9. The van der Waals surface area contributed by atoms with Crippen LogP contribution in [0.2, 0.25) is 0 Å². The van der Waals surface area contributed by atoms with Crippen LogP contribution in [0.1, 0.15) is 25.7 Å². The molecule has 0 aromatic rings. The standard InChI is InChI=1S/C17H28N4O7S2/c1-30-6-4-9(18)14(24)19-10(7-13(22)23)16(26)21-5-2-3-12(21)15(25)20-11(8-29)17(27)28/h9-12,29H,2-8,18H2,1H3,(H,19,24)(H,20,25)(H,22,23)(H,27,28). The molecule has 6 N–H and O–H groups in total. The first-order valence-corrected chi connectivity index (χ1v) is 11.4. The van der Waals surface area contributed by atoms with E-state index in [0.717, 1.165) is 0 Å². The van der Waals surface area contributed by atoms with Crippen LogP contribution >= 0.6 is 24.4 Å². The average Bonchev–Trinajstić information content (AvgIpc) is 3.18. The normalized spacial score (nSPS) is 18.9. The van der Waals surface area contributed by atoms with Gasteiger partial charge in [0.25, 0.3) is 0 Å². The highest BCUT2D eigenvalue weighted by molar-refractivity contribution is 7.98. The Labute approximate surface area is 183 Å². The number of thiol groups is 1. The number of likely N-dealkylation sites (tertiary alicyclic amines) is 1. The van der Waals surface area contributed by atoms with Gasteiger partial charge in [-0.25, -0.2) is 4.79 Å². The number of hydrogen-bond donors (Lipinski definition) is 6. The van der Waals surface area contributed by atoms with E-state index >= 15 is 0 Å². The topological polar surface area (TPSA) is 179 Å². The summed E-state index contributed by atoms with van der Waals surface area (Å²) < 4.78 is 0. The summed E-state index contributed by atoms with van der Waals surface area (Å²) in [6.07, 6.45) is 2.30. The van der Waals surface area contributed by atoms with Crippen molar-refractivity contribution in [2.45, 2.75) is 49.9 Å². The fraction of sp³-hybridized carbons (Fsp3) is 0.706. The van der Waals surface area contributed by atoms with Crippen LogP contribution in [-0.4, -0.2) is 93.2 Å². The number of aliphatic carboxylic acids is 2. The summed E-state index contributed by atoms with van der Waals surface area (Å²) in [5.41, 5.74) is 5.79. The van der Waals surface area contributed by atoms with Crippen LogP contribution in [0, 0.1) is 0 Å². The molecule has 4 unspecified atom stereocenters. The second-order valence-corrected chi connectivity index (χ2v) is 8.17. The largest absolute Gasteiger partial charge is 0.481 e. The fourth-order valence-electron chi connectivity index (χ4n) is 2.99. The monoisotopic (exact) mass is 464 g/mol. The van der Waals surface area contributed by atoms with E-state index in [-0.39, 0.29) is 18.7 Å². The van der Waals surface area contributed by atoms with Crippen molar-refractivity contribution in [3.63, 3.8) is 0 Å². The predicted molar refractivity (Wildman–Crippen MR) is 113 cm³/mol. The Morgan fingerprint density at radius 2 is 1.87 bits per heavy atom. The molecule has 0 saturated carbocycles. The number of rotatable bonds is 12. The van der Waals surface area contributed by atoms with E-state index in [9.17, 15) is 24.0 Å². The number of carbonyl (C=O) groups excluding carboxylic acids is 3. The third-order valence-corrected chi connectivity index (χ3v) is 5.61. The maximum absolute atomic E-state index is 12.9. The smallest absolute Gasteiger partial charge is 0.327 e. The lowest BCUT2D eigenvalue weighted by Gasteiger charge is -2.29. The summed E-state index contributed by atoms with van der Waals surface area (Å²) in [5.74, 6) is -4.11. The van der Waals surface area contributed by atoms with Crippen LogP contribution in [0.25, 0.3) is 0 Å². The van der Waals surface area contributed by atoms with Gasteiger partial charge in [-0.05, 0) is 31.3 Å². The predicted octanol–water partition coefficient (Wildman–Crippen LogP) is -1.48. The van der Waals surface area contributed by atoms with Crippen molar-refractivity contribution in [1.29, 1.82) is 0 Å². The Balaban J connectivity index is 2.90. The summed E-state index contributed by atoms with van der Waals surface area (Å²) in [7, 11) is 0. The molecule has 170 valence electrons. The number of carboxylic acid groups (broad SMARTS) is 2. The van der Waals surface area contributed by atoms with E-state index in [2.05, 4.69) is 23.3 Å². The van der Waals surface area contributed by atoms with Gasteiger partial charge in [0.2, 0.25) is 17.7 Å². The number of carbonyl (C=O) groups is 5. The molecule has 0 radical (unpaired) electrons. The molecule has 3 amide bonds. The van der Waals surface area contributed by atoms with Crippen molar-refractivity contribution >= 4 is 54.1 Å². The summed E-state index contributed by atoms with van der Waals surface area (Å²) in [5, 5.41) is 22.9. The van der Waals surface area contributed by atoms with E-state index in [1.165, 1.54) is 16.7 Å². The number of nitrogens with two attached hydrogens (primary N) is 1. The minimum Gasteiger partial charge on any atom is -0.481 e. The highest BCUT2D eigenvalue weighted by Gasteiger charge is 2.39. The van der Waals surface area contributed by atoms with Crippen LogP contribution in [0.5, 0.6) is 0 Å². The van der Waals surface area contributed by atoms with Gasteiger partial charge in [-0.3, -0.25) is 19.2 Å². The number of amides is 3. The number of hydrogen-bond acceptors (Lipinski definition) is 8. The van der Waals surface area contributed by atoms with Crippen LogP contribution < -0.4 is 16.4 Å². The SMILES string of the molecule is CSCCC(N)C(=O)NC(CC(=O)O)C(=O)N1CCCC1C(=O)NC(CS)C(=O)O. The number of nitrogens with one attached hydrogen (secondary N) is 2. The molecule has 1 aliphatic rings. The molecule has 1 aliphatic heterocycles. The molecule has 0 spiro atoms. The number of nitrogens with zero attached hydrogens (tertiary/aromatic N) is 1. The van der Waals surface area contributed by atoms with Crippen LogP contribution in [-0.2, 0) is 24.0 Å². The fourth-order valence-corrected chi connectivity index (χ4v) is 3.72. The van der Waals surface area contributed by atoms with Gasteiger partial charge in [0.05, 0.1) is 12.5 Å². The molecule has 1 rings (SSSR count). The van der Waals surface area contributed by atoms with Crippen molar-refractivity contribution in [1.82, 2.24) is 15.5 Å². The Morgan fingerprint density at radius 3 is 2.40 bits per heavy atom. The van der Waals surface area contributed by atoms with Gasteiger partial charge in [0, 0.05) is 12.3 Å². The molecule has 1 saturated heterocycles. The summed E-state index contributed by atoms with van der Waals surface area (Å²) in [6, 6.07) is -4.46. The molecule has 0 aromatic heterocycles. The molecule has 30 heavy (non-hydrogen) atoms. The van der Waals surface area contributed by atoms with Crippen molar-refractivity contribution in [2.75, 3.05) is 24.3 Å². The number of thioether (sulfide) groups is 1. The minimum atomic E-state index is -1.39. The lowest BCUT2D eigenvalue weighted by Crippen LogP contribution is -2.57. The van der Waals surface area contributed by atoms with Crippen LogP contribution in [0.15, 0.2) is 0 Å². The van der Waals surface area contributed by atoms with Gasteiger partial charge in [-0.15, -0.1) is 0 Å². The Kier molecular flexibility index (Phi) is 11.0. The quantitative estimate of drug-likeness (QED) is 0.188. The molecule has 11 nitrogen and oxygen atoms in total. The number of carboxylic acids is 2. The van der Waals surface area contributed by atoms with Gasteiger partial charge >= 0.3 is 11.9 Å². The Bertz CT molecular complexity index is 664. The summed E-state index contributed by atoms with van der Waals surface area (Å²) in [4.78, 5) is 61.2. The second-order valence-electron chi connectivity index (χ2n) is 6.82. The highest BCUT2D eigenvalue weighted by Crippen LogP contribution is 2.20. The average molecular weight is 465 g/mol. The molecule has 1 fully saturated rings.